The van der Waals surface area contributed by atoms with Crippen LogP contribution in [0.2, 0.25) is 0 Å². The molecule has 0 aromatic carbocycles. The van der Waals surface area contributed by atoms with Crippen LogP contribution < -0.4 is 11.1 Å². The fourth-order valence-corrected chi connectivity index (χ4v) is 1.49. The van der Waals surface area contributed by atoms with Crippen molar-refractivity contribution in [1.82, 2.24) is 10.2 Å². The zero-order chi connectivity index (χ0) is 9.84. The van der Waals surface area contributed by atoms with Crippen LogP contribution in [0.5, 0.6) is 0 Å². The summed E-state index contributed by atoms with van der Waals surface area (Å²) in [4.78, 5) is 23.8. The number of nitrogens with two attached hydrogens (primary N) is 1. The van der Waals surface area contributed by atoms with Crippen molar-refractivity contribution in [3.63, 3.8) is 0 Å². The standard InChI is InChI=1S/C8H15N3O2/c1-2-7(12)6-5-10-3-4-11(6)8(9)13/h6,10H,2-5H2,1H3,(H2,9,13). The number of carbonyl (C=O) groups is 2. The van der Waals surface area contributed by atoms with Crippen molar-refractivity contribution in [3.8, 4) is 0 Å². The van der Waals surface area contributed by atoms with E-state index in [1.54, 1.807) is 6.92 Å². The van der Waals surface area contributed by atoms with E-state index >= 15 is 0 Å². The number of piperazine rings is 1. The van der Waals surface area contributed by atoms with Gasteiger partial charge >= 0.3 is 6.03 Å². The molecular formula is C8H15N3O2. The predicted octanol–water partition coefficient (Wildman–Crippen LogP) is -0.682. The van der Waals surface area contributed by atoms with Crippen molar-refractivity contribution in [2.75, 3.05) is 19.6 Å². The van der Waals surface area contributed by atoms with Gasteiger partial charge in [0.05, 0.1) is 0 Å². The van der Waals surface area contributed by atoms with E-state index in [1.165, 1.54) is 4.90 Å². The van der Waals surface area contributed by atoms with Gasteiger partial charge in [-0.15, -0.1) is 0 Å². The minimum atomic E-state index is -0.506. The topological polar surface area (TPSA) is 75.4 Å². The highest BCUT2D eigenvalue weighted by molar-refractivity contribution is 5.88. The van der Waals surface area contributed by atoms with E-state index in [0.717, 1.165) is 0 Å². The molecule has 0 radical (unpaired) electrons. The second-order valence-corrected chi connectivity index (χ2v) is 3.07. The molecule has 0 bridgehead atoms. The summed E-state index contributed by atoms with van der Waals surface area (Å²) in [5.74, 6) is 0.0611. The largest absolute Gasteiger partial charge is 0.351 e. The number of amides is 2. The second kappa shape index (κ2) is 4.23. The first-order valence-electron chi connectivity index (χ1n) is 4.46. The average molecular weight is 185 g/mol. The lowest BCUT2D eigenvalue weighted by molar-refractivity contribution is -0.123. The molecule has 1 unspecified atom stereocenters. The number of primary amides is 1. The van der Waals surface area contributed by atoms with Crippen LogP contribution in [0, 0.1) is 0 Å². The summed E-state index contributed by atoms with van der Waals surface area (Å²) < 4.78 is 0. The lowest BCUT2D eigenvalue weighted by Gasteiger charge is -2.33. The van der Waals surface area contributed by atoms with Crippen LogP contribution in [0.3, 0.4) is 0 Å². The fourth-order valence-electron chi connectivity index (χ4n) is 1.49. The van der Waals surface area contributed by atoms with Crippen molar-refractivity contribution < 1.29 is 9.59 Å². The lowest BCUT2D eigenvalue weighted by atomic mass is 10.1. The van der Waals surface area contributed by atoms with Gasteiger partial charge in [0.15, 0.2) is 5.78 Å². The van der Waals surface area contributed by atoms with Crippen molar-refractivity contribution in [2.45, 2.75) is 19.4 Å². The Morgan fingerprint density at radius 2 is 2.31 bits per heavy atom. The van der Waals surface area contributed by atoms with Gasteiger partial charge in [0.2, 0.25) is 0 Å². The summed E-state index contributed by atoms with van der Waals surface area (Å²) in [6, 6.07) is -0.871. The van der Waals surface area contributed by atoms with Crippen molar-refractivity contribution in [2.24, 2.45) is 5.73 Å². The number of hydrogen-bond acceptors (Lipinski definition) is 3. The van der Waals surface area contributed by atoms with E-state index in [9.17, 15) is 9.59 Å². The van der Waals surface area contributed by atoms with Crippen molar-refractivity contribution >= 4 is 11.8 Å². The summed E-state index contributed by atoms with van der Waals surface area (Å²) in [6.45, 7) is 3.54. The zero-order valence-electron chi connectivity index (χ0n) is 7.75. The molecule has 1 heterocycles. The monoisotopic (exact) mass is 185 g/mol. The van der Waals surface area contributed by atoms with Gasteiger partial charge in [0.1, 0.15) is 6.04 Å². The number of nitrogens with one attached hydrogen (secondary N) is 1. The molecule has 1 atom stereocenters. The molecule has 74 valence electrons. The molecule has 1 fully saturated rings. The van der Waals surface area contributed by atoms with E-state index in [0.29, 0.717) is 26.1 Å². The third-order valence-electron chi connectivity index (χ3n) is 2.25. The van der Waals surface area contributed by atoms with Crippen LogP contribution in [0.4, 0.5) is 4.79 Å². The Bertz CT molecular complexity index is 217. The van der Waals surface area contributed by atoms with Crippen LogP contribution in [0.25, 0.3) is 0 Å². The number of nitrogens with zero attached hydrogens (tertiary/aromatic N) is 1. The Morgan fingerprint density at radius 1 is 1.62 bits per heavy atom. The van der Waals surface area contributed by atoms with Gasteiger partial charge in [0, 0.05) is 26.1 Å². The second-order valence-electron chi connectivity index (χ2n) is 3.07. The highest BCUT2D eigenvalue weighted by Crippen LogP contribution is 2.05. The van der Waals surface area contributed by atoms with E-state index in [-0.39, 0.29) is 11.8 Å². The number of rotatable bonds is 2. The maximum Gasteiger partial charge on any atom is 0.315 e. The predicted molar refractivity (Wildman–Crippen MR) is 48.2 cm³/mol. The molecule has 1 saturated heterocycles. The van der Waals surface area contributed by atoms with E-state index in [2.05, 4.69) is 5.32 Å². The summed E-state index contributed by atoms with van der Waals surface area (Å²) >= 11 is 0. The van der Waals surface area contributed by atoms with Gasteiger partial charge in [-0.2, -0.15) is 0 Å². The maximum absolute atomic E-state index is 11.4. The fraction of sp³-hybridized carbons (Fsp3) is 0.750. The molecule has 3 N–H and O–H groups in total. The Balaban J connectivity index is 2.67. The Morgan fingerprint density at radius 3 is 2.85 bits per heavy atom. The molecule has 1 aliphatic rings. The van der Waals surface area contributed by atoms with Gasteiger partial charge in [-0.25, -0.2) is 4.79 Å². The Kier molecular flexibility index (Phi) is 3.25. The molecule has 13 heavy (non-hydrogen) atoms. The smallest absolute Gasteiger partial charge is 0.315 e. The van der Waals surface area contributed by atoms with E-state index in [4.69, 9.17) is 5.73 Å². The molecule has 0 saturated carbocycles. The van der Waals surface area contributed by atoms with Gasteiger partial charge in [-0.1, -0.05) is 6.92 Å². The highest BCUT2D eigenvalue weighted by Gasteiger charge is 2.29. The van der Waals surface area contributed by atoms with Gasteiger partial charge in [-0.05, 0) is 0 Å². The van der Waals surface area contributed by atoms with Crippen molar-refractivity contribution in [3.05, 3.63) is 0 Å². The average Bonchev–Trinajstić information content (AvgIpc) is 2.16. The normalized spacial score (nSPS) is 22.8. The van der Waals surface area contributed by atoms with E-state index < -0.39 is 6.03 Å². The molecular weight excluding hydrogens is 170 g/mol. The molecule has 0 aliphatic carbocycles. The molecule has 2 amide bonds. The SMILES string of the molecule is CCC(=O)C1CNCCN1C(N)=O. The minimum absolute atomic E-state index is 0.0611. The van der Waals surface area contributed by atoms with Gasteiger partial charge < -0.3 is 16.0 Å². The lowest BCUT2D eigenvalue weighted by Crippen LogP contribution is -2.58. The molecule has 5 heteroatoms. The summed E-state index contributed by atoms with van der Waals surface area (Å²) in [5.41, 5.74) is 5.16. The third-order valence-corrected chi connectivity index (χ3v) is 2.25. The minimum Gasteiger partial charge on any atom is -0.351 e. The molecule has 0 aromatic rings. The Hall–Kier alpha value is -1.10. The van der Waals surface area contributed by atoms with Crippen LogP contribution in [0.1, 0.15) is 13.3 Å². The highest BCUT2D eigenvalue weighted by atomic mass is 16.2. The first-order valence-corrected chi connectivity index (χ1v) is 4.46. The van der Waals surface area contributed by atoms with Gasteiger partial charge in [0.25, 0.3) is 0 Å². The Labute approximate surface area is 77.3 Å². The van der Waals surface area contributed by atoms with Crippen molar-refractivity contribution in [1.29, 1.82) is 0 Å². The van der Waals surface area contributed by atoms with Crippen LogP contribution in [-0.4, -0.2) is 42.4 Å². The zero-order valence-corrected chi connectivity index (χ0v) is 7.75. The molecule has 1 rings (SSSR count). The number of urea groups is 1. The number of carbonyl (C=O) groups excluding carboxylic acids is 2. The molecule has 0 spiro atoms. The summed E-state index contributed by atoms with van der Waals surface area (Å²) in [6.07, 6.45) is 0.441. The third kappa shape index (κ3) is 2.18. The van der Waals surface area contributed by atoms with Gasteiger partial charge in [-0.3, -0.25) is 4.79 Å². The number of Topliss-reactive ketones (excluding diaryl/α,β-unsaturated/α-hetero) is 1. The summed E-state index contributed by atoms with van der Waals surface area (Å²) in [5, 5.41) is 3.06. The van der Waals surface area contributed by atoms with Crippen LogP contribution >= 0.6 is 0 Å². The first kappa shape index (κ1) is 9.98. The maximum atomic E-state index is 11.4. The van der Waals surface area contributed by atoms with Crippen LogP contribution in [-0.2, 0) is 4.79 Å². The quantitative estimate of drug-likeness (QED) is 0.598. The van der Waals surface area contributed by atoms with E-state index in [1.807, 2.05) is 0 Å². The molecule has 0 aromatic heterocycles. The molecule has 5 nitrogen and oxygen atoms in total. The molecule has 1 aliphatic heterocycles. The number of ketones is 1. The van der Waals surface area contributed by atoms with Crippen LogP contribution in [0.15, 0.2) is 0 Å². The first-order chi connectivity index (χ1) is 6.16. The number of hydrogen-bond donors (Lipinski definition) is 2. The summed E-state index contributed by atoms with van der Waals surface area (Å²) in [7, 11) is 0.